The zero-order valence-corrected chi connectivity index (χ0v) is 22.0. The van der Waals surface area contributed by atoms with E-state index in [1.54, 1.807) is 0 Å². The topological polar surface area (TPSA) is 105 Å². The lowest BCUT2D eigenvalue weighted by Gasteiger charge is -2.25. The lowest BCUT2D eigenvalue weighted by atomic mass is 10.0. The maximum Gasteiger partial charge on any atom is 0.326 e. The number of carbonyl (C=O) groups excluding carboxylic acids is 2. The van der Waals surface area contributed by atoms with Crippen LogP contribution in [0.25, 0.3) is 0 Å². The average molecular weight is 521 g/mol. The van der Waals surface area contributed by atoms with Crippen LogP contribution in [0.3, 0.4) is 0 Å². The second-order valence-electron chi connectivity index (χ2n) is 8.72. The summed E-state index contributed by atoms with van der Waals surface area (Å²) in [4.78, 5) is 25.7. The Bertz CT molecular complexity index is 1040. The van der Waals surface area contributed by atoms with E-state index in [2.05, 4.69) is 0 Å². The van der Waals surface area contributed by atoms with Crippen LogP contribution >= 0.6 is 0 Å². The van der Waals surface area contributed by atoms with Crippen LogP contribution in [-0.2, 0) is 51.4 Å². The van der Waals surface area contributed by atoms with Gasteiger partial charge in [-0.15, -0.1) is 0 Å². The average Bonchev–Trinajstić information content (AvgIpc) is 2.87. The summed E-state index contributed by atoms with van der Waals surface area (Å²) in [5.41, 5.74) is 1.58. The molecule has 0 heterocycles. The lowest BCUT2D eigenvalue weighted by molar-refractivity contribution is -0.150. The van der Waals surface area contributed by atoms with Crippen molar-refractivity contribution in [2.75, 3.05) is 38.8 Å². The van der Waals surface area contributed by atoms with E-state index >= 15 is 0 Å². The third-order valence-electron chi connectivity index (χ3n) is 5.61. The van der Waals surface area contributed by atoms with Crippen LogP contribution in [0.5, 0.6) is 0 Å². The van der Waals surface area contributed by atoms with Crippen LogP contribution in [0.15, 0.2) is 60.7 Å². The molecule has 2 aromatic rings. The second-order valence-corrected chi connectivity index (χ2v) is 11.3. The molecule has 0 aromatic heterocycles. The van der Waals surface area contributed by atoms with Gasteiger partial charge in [-0.05, 0) is 38.3 Å². The van der Waals surface area contributed by atoms with E-state index < -0.39 is 38.2 Å². The van der Waals surface area contributed by atoms with Gasteiger partial charge in [0.2, 0.25) is 0 Å². The summed E-state index contributed by atoms with van der Waals surface area (Å²) in [6.07, 6.45) is 0.159. The Kier molecular flexibility index (Phi) is 12.1. The molecule has 0 amide bonds. The fraction of sp³-hybridized carbons (Fsp3) is 0.481. The van der Waals surface area contributed by atoms with Gasteiger partial charge in [0.05, 0.1) is 31.5 Å². The van der Waals surface area contributed by atoms with E-state index in [4.69, 9.17) is 18.9 Å². The van der Waals surface area contributed by atoms with Gasteiger partial charge in [0.25, 0.3) is 0 Å². The third kappa shape index (κ3) is 9.37. The van der Waals surface area contributed by atoms with Crippen LogP contribution in [0.4, 0.5) is 0 Å². The second kappa shape index (κ2) is 14.7. The number of rotatable bonds is 16. The molecule has 198 valence electrons. The summed E-state index contributed by atoms with van der Waals surface area (Å²) in [6, 6.07) is 18.2. The van der Waals surface area contributed by atoms with Gasteiger partial charge in [-0.25, -0.2) is 8.42 Å². The fourth-order valence-electron chi connectivity index (χ4n) is 3.29. The molecule has 0 spiro atoms. The molecule has 0 saturated carbocycles. The molecule has 9 heteroatoms. The predicted octanol–water partition coefficient (Wildman–Crippen LogP) is 3.38. The van der Waals surface area contributed by atoms with Crippen LogP contribution in [0.1, 0.15) is 31.9 Å². The standard InChI is InChI=1S/C27H36O8S/c1-4-32-15-16-33-17-18-34-26(29)27(2,3)36(30,31)21-24(19-22-11-7-5-8-12-22)25(28)35-20-23-13-9-6-10-14-23/h5-14,24H,4,15-21H2,1-3H3. The maximum atomic E-state index is 13.3. The van der Waals surface area contributed by atoms with Gasteiger partial charge in [0, 0.05) is 6.61 Å². The molecule has 0 N–H and O–H groups in total. The summed E-state index contributed by atoms with van der Waals surface area (Å²) >= 11 is 0. The molecular formula is C27H36O8S. The zero-order valence-electron chi connectivity index (χ0n) is 21.2. The van der Waals surface area contributed by atoms with Gasteiger partial charge in [-0.3, -0.25) is 9.59 Å². The highest BCUT2D eigenvalue weighted by Crippen LogP contribution is 2.24. The Balaban J connectivity index is 2.04. The molecule has 0 radical (unpaired) electrons. The molecule has 0 aliphatic carbocycles. The largest absolute Gasteiger partial charge is 0.462 e. The maximum absolute atomic E-state index is 13.3. The number of esters is 2. The minimum Gasteiger partial charge on any atom is -0.462 e. The van der Waals surface area contributed by atoms with Crippen molar-refractivity contribution in [1.29, 1.82) is 0 Å². The molecule has 0 fully saturated rings. The number of hydrogen-bond acceptors (Lipinski definition) is 8. The Morgan fingerprint density at radius 2 is 1.36 bits per heavy atom. The van der Waals surface area contributed by atoms with E-state index in [0.29, 0.717) is 19.8 Å². The summed E-state index contributed by atoms with van der Waals surface area (Å²) in [5.74, 6) is -3.08. The predicted molar refractivity (Wildman–Crippen MR) is 136 cm³/mol. The number of hydrogen-bond donors (Lipinski definition) is 0. The quantitative estimate of drug-likeness (QED) is 0.245. The Labute approximate surface area is 213 Å². The fourth-order valence-corrected chi connectivity index (χ4v) is 4.80. The van der Waals surface area contributed by atoms with Crippen LogP contribution in [0, 0.1) is 5.92 Å². The number of carbonyl (C=O) groups is 2. The van der Waals surface area contributed by atoms with Crippen molar-refractivity contribution in [3.8, 4) is 0 Å². The molecule has 0 bridgehead atoms. The molecule has 1 unspecified atom stereocenters. The first-order valence-electron chi connectivity index (χ1n) is 12.0. The number of sulfone groups is 1. The zero-order chi connectivity index (χ0) is 26.4. The van der Waals surface area contributed by atoms with Gasteiger partial charge in [-0.2, -0.15) is 0 Å². The Morgan fingerprint density at radius 1 is 0.806 bits per heavy atom. The monoisotopic (exact) mass is 520 g/mol. The molecule has 1 atom stereocenters. The van der Waals surface area contributed by atoms with Gasteiger partial charge in [0.15, 0.2) is 14.6 Å². The first-order chi connectivity index (χ1) is 17.2. The molecule has 0 saturated heterocycles. The van der Waals surface area contributed by atoms with E-state index in [-0.39, 0.29) is 26.2 Å². The minimum atomic E-state index is -4.10. The van der Waals surface area contributed by atoms with Crippen molar-refractivity contribution in [3.63, 3.8) is 0 Å². The van der Waals surface area contributed by atoms with E-state index in [9.17, 15) is 18.0 Å². The number of ether oxygens (including phenoxy) is 4. The highest BCUT2D eigenvalue weighted by atomic mass is 32.2. The first kappa shape index (κ1) is 29.5. The molecule has 2 aromatic carbocycles. The molecule has 0 aliphatic heterocycles. The van der Waals surface area contributed by atoms with E-state index in [1.165, 1.54) is 13.8 Å². The van der Waals surface area contributed by atoms with E-state index in [0.717, 1.165) is 11.1 Å². The van der Waals surface area contributed by atoms with Gasteiger partial charge in [0.1, 0.15) is 13.2 Å². The van der Waals surface area contributed by atoms with Crippen molar-refractivity contribution in [2.24, 2.45) is 5.92 Å². The van der Waals surface area contributed by atoms with Crippen molar-refractivity contribution in [2.45, 2.75) is 38.5 Å². The van der Waals surface area contributed by atoms with Crippen LogP contribution < -0.4 is 0 Å². The molecule has 8 nitrogen and oxygen atoms in total. The van der Waals surface area contributed by atoms with Gasteiger partial charge < -0.3 is 18.9 Å². The van der Waals surface area contributed by atoms with Crippen molar-refractivity contribution < 1.29 is 37.0 Å². The minimum absolute atomic E-state index is 0.0275. The Morgan fingerprint density at radius 3 is 1.97 bits per heavy atom. The van der Waals surface area contributed by atoms with Crippen molar-refractivity contribution in [3.05, 3.63) is 71.8 Å². The normalized spacial score (nSPS) is 12.6. The van der Waals surface area contributed by atoms with Gasteiger partial charge >= 0.3 is 11.9 Å². The molecular weight excluding hydrogens is 484 g/mol. The molecule has 0 aliphatic rings. The first-order valence-corrected chi connectivity index (χ1v) is 13.6. The summed E-state index contributed by atoms with van der Waals surface area (Å²) in [5, 5.41) is 0. The SMILES string of the molecule is CCOCCOCCOC(=O)C(C)(C)S(=O)(=O)CC(Cc1ccccc1)C(=O)OCc1ccccc1. The summed E-state index contributed by atoms with van der Waals surface area (Å²) in [7, 11) is -4.10. The highest BCUT2D eigenvalue weighted by molar-refractivity contribution is 7.93. The summed E-state index contributed by atoms with van der Waals surface area (Å²) < 4.78 is 45.9. The van der Waals surface area contributed by atoms with E-state index in [1.807, 2.05) is 67.6 Å². The smallest absolute Gasteiger partial charge is 0.326 e. The Hall–Kier alpha value is -2.75. The highest BCUT2D eigenvalue weighted by Gasteiger charge is 2.45. The number of benzene rings is 2. The van der Waals surface area contributed by atoms with Crippen LogP contribution in [-0.4, -0.2) is 63.9 Å². The van der Waals surface area contributed by atoms with Crippen molar-refractivity contribution in [1.82, 2.24) is 0 Å². The molecule has 36 heavy (non-hydrogen) atoms. The third-order valence-corrected chi connectivity index (χ3v) is 8.17. The summed E-state index contributed by atoms with van der Waals surface area (Å²) in [6.45, 7) is 5.86. The van der Waals surface area contributed by atoms with Gasteiger partial charge in [-0.1, -0.05) is 60.7 Å². The van der Waals surface area contributed by atoms with Crippen molar-refractivity contribution >= 4 is 21.8 Å². The lowest BCUT2D eigenvalue weighted by Crippen LogP contribution is -2.46. The van der Waals surface area contributed by atoms with Crippen LogP contribution in [0.2, 0.25) is 0 Å². The molecule has 2 rings (SSSR count).